The van der Waals surface area contributed by atoms with E-state index in [0.29, 0.717) is 0 Å². The van der Waals surface area contributed by atoms with Crippen LogP contribution in [0.15, 0.2) is 36.5 Å². The van der Waals surface area contributed by atoms with Crippen molar-refractivity contribution in [3.63, 3.8) is 0 Å². The minimum Gasteiger partial charge on any atom is -0.301 e. The summed E-state index contributed by atoms with van der Waals surface area (Å²) in [5.74, 6) is 0. The zero-order valence-corrected chi connectivity index (χ0v) is 11.4. The molecule has 0 radical (unpaired) electrons. The molecule has 2 unspecified atom stereocenters. The number of nitrogens with zero attached hydrogens (tertiary/aromatic N) is 1. The maximum atomic E-state index is 5.94. The Hall–Kier alpha value is -0.900. The lowest BCUT2D eigenvalue weighted by molar-refractivity contribution is 0.491. The van der Waals surface area contributed by atoms with Gasteiger partial charge < -0.3 is 5.32 Å². The Bertz CT molecular complexity index is 469. The maximum absolute atomic E-state index is 5.94. The van der Waals surface area contributed by atoms with Crippen LogP contribution in [0, 0.1) is 0 Å². The predicted octanol–water partition coefficient (Wildman–Crippen LogP) is 4.21. The van der Waals surface area contributed by atoms with Crippen LogP contribution < -0.4 is 5.32 Å². The highest BCUT2D eigenvalue weighted by molar-refractivity contribution is 7.16. The summed E-state index contributed by atoms with van der Waals surface area (Å²) in [7, 11) is 0. The smallest absolute Gasteiger partial charge is 0.0931 e. The van der Waals surface area contributed by atoms with Crippen LogP contribution in [0.5, 0.6) is 0 Å². The van der Waals surface area contributed by atoms with Crippen molar-refractivity contribution < 1.29 is 0 Å². The van der Waals surface area contributed by atoms with E-state index in [9.17, 15) is 0 Å². The van der Waals surface area contributed by atoms with E-state index in [-0.39, 0.29) is 12.1 Å². The lowest BCUT2D eigenvalue weighted by atomic mass is 10.1. The van der Waals surface area contributed by atoms with Crippen molar-refractivity contribution in [2.75, 3.05) is 0 Å². The Kier molecular flexibility index (Phi) is 4.15. The second kappa shape index (κ2) is 5.63. The number of hydrogen-bond donors (Lipinski definition) is 1. The van der Waals surface area contributed by atoms with Crippen molar-refractivity contribution in [3.05, 3.63) is 51.4 Å². The van der Waals surface area contributed by atoms with E-state index >= 15 is 0 Å². The molecule has 0 spiro atoms. The molecule has 90 valence electrons. The Balaban J connectivity index is 2.02. The summed E-state index contributed by atoms with van der Waals surface area (Å²) in [6.07, 6.45) is 1.82. The predicted molar refractivity (Wildman–Crippen MR) is 73.5 cm³/mol. The van der Waals surface area contributed by atoms with Crippen LogP contribution in [0.1, 0.15) is 36.5 Å². The molecule has 4 heteroatoms. The molecule has 0 amide bonds. The number of thiophene rings is 1. The molecule has 0 bridgehead atoms. The molecule has 2 aromatic rings. The standard InChI is InChI=1S/C13H15ClN2S/c1-9(11-5-3-4-8-15-11)16-10(2)12-6-7-13(14)17-12/h3-10,16H,1-2H3. The number of nitrogens with one attached hydrogen (secondary N) is 1. The number of hydrogen-bond acceptors (Lipinski definition) is 3. The summed E-state index contributed by atoms with van der Waals surface area (Å²) in [5.41, 5.74) is 1.06. The first-order valence-corrected chi connectivity index (χ1v) is 6.78. The molecule has 2 aromatic heterocycles. The monoisotopic (exact) mass is 266 g/mol. The van der Waals surface area contributed by atoms with E-state index in [1.54, 1.807) is 11.3 Å². The Morgan fingerprint density at radius 3 is 2.59 bits per heavy atom. The summed E-state index contributed by atoms with van der Waals surface area (Å²) < 4.78 is 0.833. The Labute approximate surface area is 111 Å². The summed E-state index contributed by atoms with van der Waals surface area (Å²) >= 11 is 7.55. The summed E-state index contributed by atoms with van der Waals surface area (Å²) in [5, 5.41) is 3.52. The van der Waals surface area contributed by atoms with Gasteiger partial charge in [-0.2, -0.15) is 0 Å². The van der Waals surface area contributed by atoms with Gasteiger partial charge in [0.15, 0.2) is 0 Å². The molecule has 0 aromatic carbocycles. The van der Waals surface area contributed by atoms with E-state index in [1.165, 1.54) is 4.88 Å². The third-order valence-corrected chi connectivity index (χ3v) is 4.07. The van der Waals surface area contributed by atoms with Gasteiger partial charge in [0.05, 0.1) is 10.0 Å². The third kappa shape index (κ3) is 3.28. The van der Waals surface area contributed by atoms with Gasteiger partial charge in [0.2, 0.25) is 0 Å². The van der Waals surface area contributed by atoms with Crippen LogP contribution >= 0.6 is 22.9 Å². The van der Waals surface area contributed by atoms with Gasteiger partial charge in [-0.3, -0.25) is 4.98 Å². The van der Waals surface area contributed by atoms with Crippen molar-refractivity contribution in [2.45, 2.75) is 25.9 Å². The molecule has 2 atom stereocenters. The van der Waals surface area contributed by atoms with Crippen molar-refractivity contribution in [2.24, 2.45) is 0 Å². The molecular weight excluding hydrogens is 252 g/mol. The van der Waals surface area contributed by atoms with Gasteiger partial charge in [0.25, 0.3) is 0 Å². The number of pyridine rings is 1. The van der Waals surface area contributed by atoms with E-state index in [1.807, 2.05) is 30.5 Å². The van der Waals surface area contributed by atoms with Crippen LogP contribution in [0.25, 0.3) is 0 Å². The lowest BCUT2D eigenvalue weighted by Crippen LogP contribution is -2.22. The molecule has 2 rings (SSSR count). The topological polar surface area (TPSA) is 24.9 Å². The average Bonchev–Trinajstić information content (AvgIpc) is 2.77. The first kappa shape index (κ1) is 12.6. The van der Waals surface area contributed by atoms with Gasteiger partial charge in [-0.05, 0) is 38.1 Å². The van der Waals surface area contributed by atoms with Gasteiger partial charge in [-0.25, -0.2) is 0 Å². The summed E-state index contributed by atoms with van der Waals surface area (Å²) in [6, 6.07) is 10.5. The zero-order valence-electron chi connectivity index (χ0n) is 9.85. The molecule has 0 aliphatic heterocycles. The first-order valence-electron chi connectivity index (χ1n) is 5.59. The van der Waals surface area contributed by atoms with Crippen molar-refractivity contribution in [3.8, 4) is 0 Å². The number of aromatic nitrogens is 1. The van der Waals surface area contributed by atoms with Gasteiger partial charge in [0, 0.05) is 23.2 Å². The highest BCUT2D eigenvalue weighted by Gasteiger charge is 2.13. The average molecular weight is 267 g/mol. The Morgan fingerprint density at radius 2 is 2.00 bits per heavy atom. The fraction of sp³-hybridized carbons (Fsp3) is 0.308. The number of rotatable bonds is 4. The fourth-order valence-corrected chi connectivity index (χ4v) is 2.81. The quantitative estimate of drug-likeness (QED) is 0.897. The van der Waals surface area contributed by atoms with Crippen LogP contribution in [-0.2, 0) is 0 Å². The molecule has 2 heterocycles. The van der Waals surface area contributed by atoms with E-state index < -0.39 is 0 Å². The molecule has 0 saturated carbocycles. The zero-order chi connectivity index (χ0) is 12.3. The van der Waals surface area contributed by atoms with Crippen molar-refractivity contribution in [1.82, 2.24) is 10.3 Å². The van der Waals surface area contributed by atoms with Crippen molar-refractivity contribution >= 4 is 22.9 Å². The fourth-order valence-electron chi connectivity index (χ4n) is 1.74. The van der Waals surface area contributed by atoms with Crippen LogP contribution in [0.4, 0.5) is 0 Å². The third-order valence-electron chi connectivity index (χ3n) is 2.65. The van der Waals surface area contributed by atoms with Gasteiger partial charge in [0.1, 0.15) is 0 Å². The second-order valence-electron chi connectivity index (χ2n) is 4.01. The molecule has 0 aliphatic carbocycles. The molecule has 0 aliphatic rings. The first-order chi connectivity index (χ1) is 8.16. The number of halogens is 1. The maximum Gasteiger partial charge on any atom is 0.0931 e. The molecule has 2 nitrogen and oxygen atoms in total. The molecule has 1 N–H and O–H groups in total. The highest BCUT2D eigenvalue weighted by atomic mass is 35.5. The summed E-state index contributed by atoms with van der Waals surface area (Å²) in [4.78, 5) is 5.59. The van der Waals surface area contributed by atoms with E-state index in [4.69, 9.17) is 11.6 Å². The summed E-state index contributed by atoms with van der Waals surface area (Å²) in [6.45, 7) is 4.26. The molecule has 17 heavy (non-hydrogen) atoms. The normalized spacial score (nSPS) is 14.5. The molecule has 0 fully saturated rings. The molecule has 0 saturated heterocycles. The van der Waals surface area contributed by atoms with E-state index in [2.05, 4.69) is 30.2 Å². The van der Waals surface area contributed by atoms with Crippen LogP contribution in [0.2, 0.25) is 4.34 Å². The van der Waals surface area contributed by atoms with Gasteiger partial charge in [-0.15, -0.1) is 11.3 Å². The van der Waals surface area contributed by atoms with Crippen molar-refractivity contribution in [1.29, 1.82) is 0 Å². The minimum absolute atomic E-state index is 0.229. The van der Waals surface area contributed by atoms with Crippen LogP contribution in [0.3, 0.4) is 0 Å². The minimum atomic E-state index is 0.229. The lowest BCUT2D eigenvalue weighted by Gasteiger charge is -2.18. The highest BCUT2D eigenvalue weighted by Crippen LogP contribution is 2.28. The largest absolute Gasteiger partial charge is 0.301 e. The van der Waals surface area contributed by atoms with Gasteiger partial charge in [-0.1, -0.05) is 17.7 Å². The SMILES string of the molecule is CC(NC(C)c1ccc(Cl)s1)c1ccccn1. The molecular formula is C13H15ClN2S. The van der Waals surface area contributed by atoms with E-state index in [0.717, 1.165) is 10.0 Å². The second-order valence-corrected chi connectivity index (χ2v) is 5.75. The Morgan fingerprint density at radius 1 is 1.18 bits per heavy atom. The van der Waals surface area contributed by atoms with Gasteiger partial charge >= 0.3 is 0 Å². The van der Waals surface area contributed by atoms with Crippen LogP contribution in [-0.4, -0.2) is 4.98 Å².